The molecule has 2 aromatic carbocycles. The summed E-state index contributed by atoms with van der Waals surface area (Å²) in [6.07, 6.45) is 5.74. The molecule has 5 aromatic rings. The second-order valence-corrected chi connectivity index (χ2v) is 10.9. The average molecular weight is 556 g/mol. The molecule has 4 N–H and O–H groups in total. The van der Waals surface area contributed by atoms with E-state index in [1.54, 1.807) is 54.0 Å². The molecule has 0 saturated carbocycles. The Bertz CT molecular complexity index is 1990. The van der Waals surface area contributed by atoms with E-state index in [0.29, 0.717) is 33.4 Å². The van der Waals surface area contributed by atoms with Gasteiger partial charge < -0.3 is 11.1 Å². The highest BCUT2D eigenvalue weighted by Crippen LogP contribution is 2.24. The Morgan fingerprint density at radius 2 is 1.90 bits per heavy atom. The summed E-state index contributed by atoms with van der Waals surface area (Å²) in [5, 5.41) is 3.93. The summed E-state index contributed by atoms with van der Waals surface area (Å²) in [5.41, 5.74) is 7.79. The van der Waals surface area contributed by atoms with Gasteiger partial charge >= 0.3 is 0 Å². The third kappa shape index (κ3) is 5.28. The van der Waals surface area contributed by atoms with Gasteiger partial charge in [-0.1, -0.05) is 42.2 Å². The van der Waals surface area contributed by atoms with Crippen LogP contribution in [0.15, 0.2) is 78.1 Å². The molecule has 1 atom stereocenters. The number of nitrogens with one attached hydrogen (secondary N) is 2. The van der Waals surface area contributed by atoms with Gasteiger partial charge in [-0.25, -0.2) is 23.1 Å². The van der Waals surface area contributed by atoms with Crippen molar-refractivity contribution in [3.05, 3.63) is 100 Å². The van der Waals surface area contributed by atoms with Crippen molar-refractivity contribution in [2.24, 2.45) is 0 Å². The second-order valence-electron chi connectivity index (χ2n) is 9.07. The maximum Gasteiger partial charge on any atom is 0.264 e. The Morgan fingerprint density at radius 3 is 2.65 bits per heavy atom. The molecule has 0 unspecified atom stereocenters. The predicted octanol–water partition coefficient (Wildman–Crippen LogP) is 2.01. The van der Waals surface area contributed by atoms with Crippen molar-refractivity contribution >= 4 is 38.2 Å². The fraction of sp³-hybridized carbons (Fsp3) is 0.143. The van der Waals surface area contributed by atoms with Gasteiger partial charge in [0.25, 0.3) is 11.5 Å². The Labute approximate surface area is 229 Å². The van der Waals surface area contributed by atoms with E-state index in [9.17, 15) is 18.0 Å². The molecule has 1 amide bonds. The SMILES string of the molecule is C[C@@H](NC(=O)c1c(N)ncn2ccnc12)c1cc2cccc(C#CCNS(C)(=O)=O)c2c(=O)n1-c1ccccc1. The zero-order chi connectivity index (χ0) is 28.4. The van der Waals surface area contributed by atoms with Crippen LogP contribution in [-0.4, -0.2) is 46.1 Å². The first kappa shape index (κ1) is 26.6. The van der Waals surface area contributed by atoms with Gasteiger partial charge in [-0.3, -0.25) is 18.6 Å². The Balaban J connectivity index is 1.61. The summed E-state index contributed by atoms with van der Waals surface area (Å²) in [5.74, 6) is 5.23. The normalized spacial score (nSPS) is 12.2. The van der Waals surface area contributed by atoms with Gasteiger partial charge in [-0.2, -0.15) is 0 Å². The minimum atomic E-state index is -3.40. The lowest BCUT2D eigenvalue weighted by atomic mass is 10.0. The molecule has 5 rings (SSSR count). The van der Waals surface area contributed by atoms with Crippen LogP contribution in [0.4, 0.5) is 5.82 Å². The summed E-state index contributed by atoms with van der Waals surface area (Å²) < 4.78 is 28.2. The molecule has 3 aromatic heterocycles. The highest BCUT2D eigenvalue weighted by Gasteiger charge is 2.23. The molecule has 3 heterocycles. The number of rotatable bonds is 6. The molecular weight excluding hydrogens is 530 g/mol. The quantitative estimate of drug-likeness (QED) is 0.271. The second kappa shape index (κ2) is 10.6. The summed E-state index contributed by atoms with van der Waals surface area (Å²) in [6, 6.07) is 15.5. The molecule has 0 aliphatic carbocycles. The number of nitrogens with two attached hydrogens (primary N) is 1. The molecule has 12 heteroatoms. The molecule has 0 aliphatic rings. The van der Waals surface area contributed by atoms with Crippen LogP contribution in [0.2, 0.25) is 0 Å². The average Bonchev–Trinajstić information content (AvgIpc) is 3.39. The van der Waals surface area contributed by atoms with Crippen molar-refractivity contribution in [1.82, 2.24) is 29.0 Å². The minimum Gasteiger partial charge on any atom is -0.383 e. The Kier molecular flexibility index (Phi) is 7.08. The van der Waals surface area contributed by atoms with Crippen molar-refractivity contribution in [3.63, 3.8) is 0 Å². The number of para-hydroxylation sites is 1. The number of nitrogens with zero attached hydrogens (tertiary/aromatic N) is 4. The molecule has 0 radical (unpaired) electrons. The van der Waals surface area contributed by atoms with Gasteiger partial charge in [0.2, 0.25) is 10.0 Å². The highest BCUT2D eigenvalue weighted by atomic mass is 32.2. The number of benzene rings is 2. The van der Waals surface area contributed by atoms with Crippen LogP contribution in [0, 0.1) is 11.8 Å². The smallest absolute Gasteiger partial charge is 0.264 e. The molecule has 11 nitrogen and oxygen atoms in total. The maximum atomic E-state index is 14.0. The largest absolute Gasteiger partial charge is 0.383 e. The van der Waals surface area contributed by atoms with Crippen LogP contribution in [-0.2, 0) is 10.0 Å². The molecular formula is C28H25N7O4S. The fourth-order valence-corrected chi connectivity index (χ4v) is 4.75. The lowest BCUT2D eigenvalue weighted by Gasteiger charge is -2.21. The van der Waals surface area contributed by atoms with Crippen LogP contribution < -0.4 is 21.3 Å². The van der Waals surface area contributed by atoms with Gasteiger partial charge in [0.15, 0.2) is 5.65 Å². The highest BCUT2D eigenvalue weighted by molar-refractivity contribution is 7.88. The van der Waals surface area contributed by atoms with Crippen LogP contribution in [0.5, 0.6) is 0 Å². The number of anilines is 1. The number of sulfonamides is 1. The number of imidazole rings is 1. The monoisotopic (exact) mass is 555 g/mol. The number of aromatic nitrogens is 4. The van der Waals surface area contributed by atoms with Crippen LogP contribution in [0.25, 0.3) is 22.1 Å². The van der Waals surface area contributed by atoms with Crippen LogP contribution in [0.1, 0.15) is 34.6 Å². The number of carbonyl (C=O) groups is 1. The van der Waals surface area contributed by atoms with Crippen molar-refractivity contribution in [3.8, 4) is 17.5 Å². The molecule has 0 aliphatic heterocycles. The first-order valence-corrected chi connectivity index (χ1v) is 14.1. The van der Waals surface area contributed by atoms with E-state index in [0.717, 1.165) is 6.26 Å². The van der Waals surface area contributed by atoms with Gasteiger partial charge in [0.05, 0.1) is 24.2 Å². The van der Waals surface area contributed by atoms with E-state index in [-0.39, 0.29) is 23.5 Å². The number of hydrogen-bond acceptors (Lipinski definition) is 7. The summed E-state index contributed by atoms with van der Waals surface area (Å²) >= 11 is 0. The molecule has 0 bridgehead atoms. The number of fused-ring (bicyclic) bond motifs is 2. The van der Waals surface area contributed by atoms with Crippen molar-refractivity contribution in [1.29, 1.82) is 0 Å². The van der Waals surface area contributed by atoms with Gasteiger partial charge in [0.1, 0.15) is 17.7 Å². The van der Waals surface area contributed by atoms with Gasteiger partial charge in [-0.15, -0.1) is 0 Å². The topological polar surface area (TPSA) is 153 Å². The number of carbonyl (C=O) groups excluding carboxylic acids is 1. The first-order valence-electron chi connectivity index (χ1n) is 12.2. The van der Waals surface area contributed by atoms with E-state index >= 15 is 0 Å². The molecule has 40 heavy (non-hydrogen) atoms. The van der Waals surface area contributed by atoms with E-state index < -0.39 is 22.0 Å². The van der Waals surface area contributed by atoms with Crippen molar-refractivity contribution in [2.75, 3.05) is 18.5 Å². The van der Waals surface area contributed by atoms with Crippen LogP contribution in [0.3, 0.4) is 0 Å². The van der Waals surface area contributed by atoms with E-state index in [2.05, 4.69) is 31.8 Å². The third-order valence-electron chi connectivity index (χ3n) is 6.22. The lowest BCUT2D eigenvalue weighted by molar-refractivity contribution is 0.0940. The van der Waals surface area contributed by atoms with E-state index in [1.165, 1.54) is 10.9 Å². The van der Waals surface area contributed by atoms with Crippen molar-refractivity contribution in [2.45, 2.75) is 13.0 Å². The number of nitrogen functional groups attached to an aromatic ring is 1. The standard InChI is InChI=1S/C28H25N7O4S/c1-18(33-27(36)24-25(29)31-17-34-15-14-30-26(24)34)22-16-20-9-6-8-19(10-7-13-32-40(2,38)39)23(20)28(37)35(22)21-11-4-3-5-12-21/h3-6,8-9,11-12,14-18,32H,13,29H2,1-2H3,(H,33,36)/t18-/m1/s1. The number of pyridine rings is 1. The van der Waals surface area contributed by atoms with Crippen LogP contribution >= 0.6 is 0 Å². The summed E-state index contributed by atoms with van der Waals surface area (Å²) in [6.45, 7) is 1.68. The Morgan fingerprint density at radius 1 is 1.12 bits per heavy atom. The van der Waals surface area contributed by atoms with Crippen molar-refractivity contribution < 1.29 is 13.2 Å². The van der Waals surface area contributed by atoms with Gasteiger partial charge in [-0.05, 0) is 36.6 Å². The summed E-state index contributed by atoms with van der Waals surface area (Å²) in [7, 11) is -3.40. The maximum absolute atomic E-state index is 14.0. The molecule has 0 saturated heterocycles. The first-order chi connectivity index (χ1) is 19.1. The van der Waals surface area contributed by atoms with E-state index in [4.69, 9.17) is 5.73 Å². The third-order valence-corrected chi connectivity index (χ3v) is 6.89. The molecule has 0 spiro atoms. The molecule has 0 fully saturated rings. The lowest BCUT2D eigenvalue weighted by Crippen LogP contribution is -2.33. The van der Waals surface area contributed by atoms with Gasteiger partial charge in [0, 0.05) is 29.3 Å². The number of amides is 1. The molecule has 202 valence electrons. The Hall–Kier alpha value is -4.99. The predicted molar refractivity (Wildman–Crippen MR) is 153 cm³/mol. The van der Waals surface area contributed by atoms with E-state index in [1.807, 2.05) is 24.3 Å². The fourth-order valence-electron chi connectivity index (χ4n) is 4.42. The zero-order valence-corrected chi connectivity index (χ0v) is 22.4. The zero-order valence-electron chi connectivity index (χ0n) is 21.6. The minimum absolute atomic E-state index is 0.0379. The summed E-state index contributed by atoms with van der Waals surface area (Å²) in [4.78, 5) is 35.8. The number of hydrogen-bond donors (Lipinski definition) is 3.